The maximum atomic E-state index is 8.91. The average Bonchev–Trinajstić information content (AvgIpc) is 2.19. The fourth-order valence-electron chi connectivity index (χ4n) is 2.00. The average molecular weight is 187 g/mol. The van der Waals surface area contributed by atoms with Crippen LogP contribution in [0.2, 0.25) is 0 Å². The van der Waals surface area contributed by atoms with Gasteiger partial charge in [0.25, 0.3) is 0 Å². The number of ether oxygens (including phenoxy) is 1. The van der Waals surface area contributed by atoms with E-state index < -0.39 is 0 Å². The summed E-state index contributed by atoms with van der Waals surface area (Å²) < 4.78 is 5.16. The van der Waals surface area contributed by atoms with Crippen LogP contribution in [0.4, 0.5) is 0 Å². The molecule has 78 valence electrons. The Bertz CT molecular complexity index is 118. The molecule has 1 atom stereocenters. The van der Waals surface area contributed by atoms with Gasteiger partial charge in [0.2, 0.25) is 0 Å². The molecule has 0 aromatic heterocycles. The first-order valence-corrected chi connectivity index (χ1v) is 5.22. The largest absolute Gasteiger partial charge is 0.396 e. The van der Waals surface area contributed by atoms with Crippen LogP contribution in [-0.2, 0) is 4.74 Å². The van der Waals surface area contributed by atoms with Gasteiger partial charge in [0.05, 0.1) is 6.61 Å². The molecular weight excluding hydrogens is 166 g/mol. The van der Waals surface area contributed by atoms with Gasteiger partial charge in [-0.15, -0.1) is 0 Å². The zero-order chi connectivity index (χ0) is 9.52. The Labute approximate surface area is 80.7 Å². The number of aliphatic hydroxyl groups is 1. The lowest BCUT2D eigenvalue weighted by Crippen LogP contribution is -2.42. The fourth-order valence-corrected chi connectivity index (χ4v) is 2.00. The summed E-state index contributed by atoms with van der Waals surface area (Å²) in [5.74, 6) is 0. The number of hydrogen-bond acceptors (Lipinski definition) is 3. The van der Waals surface area contributed by atoms with Crippen molar-refractivity contribution in [2.24, 2.45) is 0 Å². The Morgan fingerprint density at radius 3 is 2.54 bits per heavy atom. The molecule has 1 aliphatic rings. The lowest BCUT2D eigenvalue weighted by molar-refractivity contribution is 0.0617. The molecule has 13 heavy (non-hydrogen) atoms. The highest BCUT2D eigenvalue weighted by Crippen LogP contribution is 2.14. The number of aliphatic hydroxyl groups excluding tert-OH is 1. The second-order valence-corrected chi connectivity index (χ2v) is 3.72. The van der Waals surface area contributed by atoms with Crippen LogP contribution >= 0.6 is 0 Å². The van der Waals surface area contributed by atoms with Gasteiger partial charge in [0.1, 0.15) is 0 Å². The molecule has 1 fully saturated rings. The van der Waals surface area contributed by atoms with Crippen LogP contribution in [0.5, 0.6) is 0 Å². The van der Waals surface area contributed by atoms with Gasteiger partial charge >= 0.3 is 0 Å². The van der Waals surface area contributed by atoms with Gasteiger partial charge in [-0.1, -0.05) is 6.42 Å². The molecule has 1 aliphatic heterocycles. The van der Waals surface area contributed by atoms with Gasteiger partial charge in [-0.05, 0) is 32.4 Å². The summed E-state index contributed by atoms with van der Waals surface area (Å²) in [5, 5.41) is 8.91. The Kier molecular flexibility index (Phi) is 5.35. The van der Waals surface area contributed by atoms with E-state index in [2.05, 4.69) is 4.90 Å². The van der Waals surface area contributed by atoms with Crippen molar-refractivity contribution < 1.29 is 9.84 Å². The molecular formula is C10H21NO2. The third-order valence-corrected chi connectivity index (χ3v) is 2.73. The van der Waals surface area contributed by atoms with Gasteiger partial charge in [-0.25, -0.2) is 0 Å². The van der Waals surface area contributed by atoms with E-state index in [-0.39, 0.29) is 6.61 Å². The quantitative estimate of drug-likeness (QED) is 0.693. The molecule has 0 saturated carbocycles. The smallest absolute Gasteiger partial charge is 0.0618 e. The summed E-state index contributed by atoms with van der Waals surface area (Å²) in [4.78, 5) is 2.45. The zero-order valence-corrected chi connectivity index (χ0v) is 8.54. The second kappa shape index (κ2) is 6.35. The van der Waals surface area contributed by atoms with E-state index in [1.807, 2.05) is 0 Å². The van der Waals surface area contributed by atoms with E-state index in [4.69, 9.17) is 9.84 Å². The van der Waals surface area contributed by atoms with Crippen molar-refractivity contribution in [3.8, 4) is 0 Å². The molecule has 3 nitrogen and oxygen atoms in total. The van der Waals surface area contributed by atoms with E-state index >= 15 is 0 Å². The number of methoxy groups -OCH3 is 1. The minimum absolute atomic E-state index is 0.268. The molecule has 0 aliphatic carbocycles. The molecule has 0 spiro atoms. The van der Waals surface area contributed by atoms with Crippen LogP contribution in [-0.4, -0.2) is 49.5 Å². The molecule has 1 heterocycles. The molecule has 0 aromatic rings. The first-order chi connectivity index (χ1) is 6.38. The second-order valence-electron chi connectivity index (χ2n) is 3.72. The third kappa shape index (κ3) is 3.63. The van der Waals surface area contributed by atoms with E-state index in [1.54, 1.807) is 7.11 Å². The van der Waals surface area contributed by atoms with E-state index in [0.717, 1.165) is 13.0 Å². The minimum atomic E-state index is 0.268. The van der Waals surface area contributed by atoms with Crippen molar-refractivity contribution in [1.82, 2.24) is 4.90 Å². The molecule has 0 amide bonds. The van der Waals surface area contributed by atoms with Gasteiger partial charge in [-0.3, -0.25) is 4.90 Å². The topological polar surface area (TPSA) is 32.7 Å². The van der Waals surface area contributed by atoms with Crippen molar-refractivity contribution in [1.29, 1.82) is 0 Å². The zero-order valence-electron chi connectivity index (χ0n) is 8.54. The lowest BCUT2D eigenvalue weighted by Gasteiger charge is -2.33. The van der Waals surface area contributed by atoms with Gasteiger partial charge < -0.3 is 9.84 Å². The van der Waals surface area contributed by atoms with Crippen LogP contribution in [0.3, 0.4) is 0 Å². The third-order valence-electron chi connectivity index (χ3n) is 2.73. The van der Waals surface area contributed by atoms with E-state index in [0.29, 0.717) is 6.04 Å². The van der Waals surface area contributed by atoms with Crippen molar-refractivity contribution in [2.75, 3.05) is 33.4 Å². The summed E-state index contributed by atoms with van der Waals surface area (Å²) >= 11 is 0. The predicted molar refractivity (Wildman–Crippen MR) is 52.8 cm³/mol. The molecule has 1 saturated heterocycles. The minimum Gasteiger partial charge on any atom is -0.396 e. The number of likely N-dealkylation sites (tertiary alicyclic amines) is 1. The molecule has 0 aromatic carbocycles. The standard InChI is InChI=1S/C10H21NO2/c1-13-9-10(5-8-12)11-6-3-2-4-7-11/h10,12H,2-9H2,1H3. The summed E-state index contributed by atoms with van der Waals surface area (Å²) in [5.41, 5.74) is 0. The number of nitrogens with zero attached hydrogens (tertiary/aromatic N) is 1. The monoisotopic (exact) mass is 187 g/mol. The van der Waals surface area contributed by atoms with Crippen molar-refractivity contribution in [3.63, 3.8) is 0 Å². The molecule has 1 rings (SSSR count). The Hall–Kier alpha value is -0.120. The van der Waals surface area contributed by atoms with Crippen LogP contribution in [0.1, 0.15) is 25.7 Å². The van der Waals surface area contributed by atoms with E-state index in [9.17, 15) is 0 Å². The summed E-state index contributed by atoms with van der Waals surface area (Å²) in [6.45, 7) is 3.37. The van der Waals surface area contributed by atoms with Crippen molar-refractivity contribution in [3.05, 3.63) is 0 Å². The van der Waals surface area contributed by atoms with Gasteiger partial charge in [0.15, 0.2) is 0 Å². The Morgan fingerprint density at radius 2 is 2.00 bits per heavy atom. The molecule has 1 N–H and O–H groups in total. The van der Waals surface area contributed by atoms with Crippen LogP contribution in [0, 0.1) is 0 Å². The Balaban J connectivity index is 2.32. The van der Waals surface area contributed by atoms with Crippen LogP contribution < -0.4 is 0 Å². The maximum Gasteiger partial charge on any atom is 0.0618 e. The van der Waals surface area contributed by atoms with Crippen molar-refractivity contribution >= 4 is 0 Å². The van der Waals surface area contributed by atoms with Crippen LogP contribution in [0.15, 0.2) is 0 Å². The predicted octanol–water partition coefficient (Wildman–Crippen LogP) is 0.870. The summed E-state index contributed by atoms with van der Waals surface area (Å²) in [6, 6.07) is 0.426. The first kappa shape index (κ1) is 11.0. The molecule has 1 unspecified atom stereocenters. The summed E-state index contributed by atoms with van der Waals surface area (Å²) in [6.07, 6.45) is 4.79. The molecule has 3 heteroatoms. The normalized spacial score (nSPS) is 21.7. The van der Waals surface area contributed by atoms with Gasteiger partial charge in [-0.2, -0.15) is 0 Å². The number of hydrogen-bond donors (Lipinski definition) is 1. The highest BCUT2D eigenvalue weighted by atomic mass is 16.5. The summed E-state index contributed by atoms with van der Waals surface area (Å²) in [7, 11) is 1.73. The number of rotatable bonds is 5. The molecule has 0 bridgehead atoms. The van der Waals surface area contributed by atoms with Gasteiger partial charge in [0, 0.05) is 19.8 Å². The highest BCUT2D eigenvalue weighted by Gasteiger charge is 2.19. The molecule has 0 radical (unpaired) electrons. The van der Waals surface area contributed by atoms with Crippen LogP contribution in [0.25, 0.3) is 0 Å². The lowest BCUT2D eigenvalue weighted by atomic mass is 10.1. The number of piperidine rings is 1. The maximum absolute atomic E-state index is 8.91. The van der Waals surface area contributed by atoms with E-state index in [1.165, 1.54) is 32.4 Å². The SMILES string of the molecule is COCC(CCO)N1CCCCC1. The Morgan fingerprint density at radius 1 is 1.31 bits per heavy atom. The highest BCUT2D eigenvalue weighted by molar-refractivity contribution is 4.74. The fraction of sp³-hybridized carbons (Fsp3) is 1.00. The van der Waals surface area contributed by atoms with Crippen molar-refractivity contribution in [2.45, 2.75) is 31.7 Å². The first-order valence-electron chi connectivity index (χ1n) is 5.22.